The van der Waals surface area contributed by atoms with E-state index in [1.165, 1.54) is 12.1 Å². The normalized spacial score (nSPS) is 16.6. The van der Waals surface area contributed by atoms with E-state index in [1.807, 2.05) is 0 Å². The predicted molar refractivity (Wildman–Crippen MR) is 39.0 cm³/mol. The lowest BCUT2D eigenvalue weighted by Gasteiger charge is -2.03. The van der Waals surface area contributed by atoms with Crippen molar-refractivity contribution in [2.45, 2.75) is 6.08 Å². The average molecular weight is 153 g/mol. The van der Waals surface area contributed by atoms with Gasteiger partial charge in [0.1, 0.15) is 0 Å². The molecule has 0 amide bonds. The van der Waals surface area contributed by atoms with Gasteiger partial charge in [-0.25, -0.2) is 4.79 Å². The van der Waals surface area contributed by atoms with Crippen LogP contribution in [0.15, 0.2) is 30.3 Å². The number of carbonyl (C=O) groups is 1. The molecule has 11 heavy (non-hydrogen) atoms. The minimum atomic E-state index is -2.54. The summed E-state index contributed by atoms with van der Waals surface area (Å²) in [4.78, 5) is 10.4. The van der Waals surface area contributed by atoms with Crippen molar-refractivity contribution >= 4 is 5.97 Å². The predicted octanol–water partition coefficient (Wildman–Crippen LogP) is 0.805. The van der Waals surface area contributed by atoms with Crippen molar-refractivity contribution in [1.82, 2.24) is 0 Å². The summed E-state index contributed by atoms with van der Waals surface area (Å²) in [6, 6.07) is 7.60. The number of carboxylic acid groups (broad SMARTS) is 1. The van der Waals surface area contributed by atoms with Gasteiger partial charge in [-0.05, 0) is 5.56 Å². The molecule has 0 spiro atoms. The molecule has 58 valence electrons. The summed E-state index contributed by atoms with van der Waals surface area (Å²) in [5, 5.41) is 17.6. The molecule has 2 N–H and O–H groups in total. The molecule has 1 atom stereocenters. The Labute approximate surface area is 65.3 Å². The van der Waals surface area contributed by atoms with Crippen LogP contribution in [0.4, 0.5) is 0 Å². The van der Waals surface area contributed by atoms with E-state index in [4.69, 9.17) is 11.6 Å². The SMILES string of the molecule is [2H][C@@](O)(C(=O)O)c1ccccc1. The quantitative estimate of drug-likeness (QED) is 0.660. The number of hydrogen-bond donors (Lipinski definition) is 2. The van der Waals surface area contributed by atoms with Gasteiger partial charge in [-0.1, -0.05) is 30.3 Å². The molecule has 0 aliphatic carbocycles. The number of carboxylic acids is 1. The summed E-state index contributed by atoms with van der Waals surface area (Å²) in [6.07, 6.45) is -2.54. The highest BCUT2D eigenvalue weighted by molar-refractivity contribution is 5.73. The van der Waals surface area contributed by atoms with E-state index in [-0.39, 0.29) is 5.56 Å². The van der Waals surface area contributed by atoms with Gasteiger partial charge in [0.25, 0.3) is 0 Å². The van der Waals surface area contributed by atoms with Crippen molar-refractivity contribution < 1.29 is 16.4 Å². The first-order valence-corrected chi connectivity index (χ1v) is 3.06. The zero-order valence-corrected chi connectivity index (χ0v) is 5.69. The minimum absolute atomic E-state index is 0.0532. The van der Waals surface area contributed by atoms with Gasteiger partial charge in [0.15, 0.2) is 6.08 Å². The first-order valence-electron chi connectivity index (χ1n) is 3.56. The van der Waals surface area contributed by atoms with E-state index < -0.39 is 12.0 Å². The van der Waals surface area contributed by atoms with E-state index in [2.05, 4.69) is 0 Å². The maximum atomic E-state index is 10.4. The second-order valence-electron chi connectivity index (χ2n) is 2.02. The minimum Gasteiger partial charge on any atom is -0.479 e. The van der Waals surface area contributed by atoms with Gasteiger partial charge < -0.3 is 10.2 Å². The standard InChI is InChI=1S/C8H8O3/c9-7(8(10)11)6-4-2-1-3-5-6/h1-5,7,9H,(H,10,11)/t7-/m0/s1/i7D. The number of aliphatic hydroxyl groups is 1. The molecule has 0 bridgehead atoms. The van der Waals surface area contributed by atoms with Crippen molar-refractivity contribution in [3.05, 3.63) is 35.9 Å². The lowest BCUT2D eigenvalue weighted by Crippen LogP contribution is -2.09. The first-order chi connectivity index (χ1) is 5.55. The number of benzene rings is 1. The number of hydrogen-bond acceptors (Lipinski definition) is 2. The molecule has 0 radical (unpaired) electrons. The number of rotatable bonds is 2. The Kier molecular flexibility index (Phi) is 1.83. The van der Waals surface area contributed by atoms with Crippen LogP contribution in [0.3, 0.4) is 0 Å². The molecular formula is C8H8O3. The van der Waals surface area contributed by atoms with Crippen LogP contribution < -0.4 is 0 Å². The van der Waals surface area contributed by atoms with Gasteiger partial charge in [0, 0.05) is 0 Å². The van der Waals surface area contributed by atoms with Crippen LogP contribution in [0.1, 0.15) is 13.0 Å². The summed E-state index contributed by atoms with van der Waals surface area (Å²) in [7, 11) is 0. The maximum absolute atomic E-state index is 10.4. The van der Waals surface area contributed by atoms with E-state index >= 15 is 0 Å². The van der Waals surface area contributed by atoms with Crippen molar-refractivity contribution in [3.8, 4) is 0 Å². The van der Waals surface area contributed by atoms with E-state index in [1.54, 1.807) is 18.2 Å². The summed E-state index contributed by atoms with van der Waals surface area (Å²) in [5.41, 5.74) is 0.0532. The van der Waals surface area contributed by atoms with Gasteiger partial charge in [-0.2, -0.15) is 0 Å². The van der Waals surface area contributed by atoms with Gasteiger partial charge >= 0.3 is 5.97 Å². The third-order valence-electron chi connectivity index (χ3n) is 1.25. The van der Waals surface area contributed by atoms with Crippen molar-refractivity contribution in [2.24, 2.45) is 0 Å². The fourth-order valence-corrected chi connectivity index (χ4v) is 0.719. The lowest BCUT2D eigenvalue weighted by atomic mass is 10.1. The van der Waals surface area contributed by atoms with Gasteiger partial charge in [-0.3, -0.25) is 0 Å². The highest BCUT2D eigenvalue weighted by Gasteiger charge is 2.14. The summed E-state index contributed by atoms with van der Waals surface area (Å²) in [5.74, 6) is -1.58. The largest absolute Gasteiger partial charge is 0.479 e. The molecule has 1 aromatic carbocycles. The Hall–Kier alpha value is -1.35. The average Bonchev–Trinajstić information content (AvgIpc) is 2.06. The van der Waals surface area contributed by atoms with Crippen molar-refractivity contribution in [3.63, 3.8) is 0 Å². The fourth-order valence-electron chi connectivity index (χ4n) is 0.719. The molecule has 1 rings (SSSR count). The molecule has 1 aromatic rings. The monoisotopic (exact) mass is 153 g/mol. The molecular weight excluding hydrogens is 144 g/mol. The molecule has 3 heteroatoms. The van der Waals surface area contributed by atoms with Crippen LogP contribution in [0, 0.1) is 0 Å². The summed E-state index contributed by atoms with van der Waals surface area (Å²) >= 11 is 0. The molecule has 0 saturated heterocycles. The van der Waals surface area contributed by atoms with Gasteiger partial charge in [0.2, 0.25) is 0 Å². The zero-order chi connectivity index (χ0) is 9.19. The molecule has 0 aromatic heterocycles. The van der Waals surface area contributed by atoms with E-state index in [0.717, 1.165) is 0 Å². The van der Waals surface area contributed by atoms with E-state index in [9.17, 15) is 4.79 Å². The van der Waals surface area contributed by atoms with E-state index in [0.29, 0.717) is 0 Å². The smallest absolute Gasteiger partial charge is 0.337 e. The maximum Gasteiger partial charge on any atom is 0.337 e. The molecule has 0 aliphatic rings. The Morgan fingerprint density at radius 3 is 2.45 bits per heavy atom. The lowest BCUT2D eigenvalue weighted by molar-refractivity contribution is -0.146. The Morgan fingerprint density at radius 1 is 1.45 bits per heavy atom. The second kappa shape index (κ2) is 3.16. The van der Waals surface area contributed by atoms with Crippen LogP contribution in [0.25, 0.3) is 0 Å². The summed E-state index contributed by atoms with van der Waals surface area (Å²) in [6.45, 7) is 0. The highest BCUT2D eigenvalue weighted by atomic mass is 16.4. The third-order valence-corrected chi connectivity index (χ3v) is 1.25. The van der Waals surface area contributed by atoms with Gasteiger partial charge in [-0.15, -0.1) is 0 Å². The van der Waals surface area contributed by atoms with Crippen LogP contribution in [0.5, 0.6) is 0 Å². The van der Waals surface area contributed by atoms with Crippen LogP contribution in [-0.2, 0) is 4.79 Å². The molecule has 0 fully saturated rings. The van der Waals surface area contributed by atoms with Crippen LogP contribution in [0.2, 0.25) is 0 Å². The Morgan fingerprint density at radius 2 is 2.00 bits per heavy atom. The summed E-state index contributed by atoms with van der Waals surface area (Å²) < 4.78 is 7.08. The van der Waals surface area contributed by atoms with Crippen molar-refractivity contribution in [2.75, 3.05) is 0 Å². The zero-order valence-electron chi connectivity index (χ0n) is 6.69. The molecule has 0 saturated carbocycles. The van der Waals surface area contributed by atoms with Gasteiger partial charge in [0.05, 0.1) is 1.37 Å². The van der Waals surface area contributed by atoms with Crippen LogP contribution >= 0.6 is 0 Å². The second-order valence-corrected chi connectivity index (χ2v) is 2.02. The molecule has 3 nitrogen and oxygen atoms in total. The number of aliphatic carboxylic acids is 1. The highest BCUT2D eigenvalue weighted by Crippen LogP contribution is 2.10. The molecule has 0 heterocycles. The Balaban J connectivity index is 3.06. The fraction of sp³-hybridized carbons (Fsp3) is 0.125. The van der Waals surface area contributed by atoms with Crippen LogP contribution in [-0.4, -0.2) is 16.2 Å². The Bertz CT molecular complexity index is 282. The molecule has 0 unspecified atom stereocenters. The molecule has 0 aliphatic heterocycles. The third kappa shape index (κ3) is 1.78. The first kappa shape index (κ1) is 6.37. The topological polar surface area (TPSA) is 57.5 Å². The van der Waals surface area contributed by atoms with Crippen molar-refractivity contribution in [1.29, 1.82) is 0 Å².